The fraction of sp³-hybridized carbons (Fsp3) is 0.211. The van der Waals surface area contributed by atoms with Gasteiger partial charge >= 0.3 is 18.3 Å². The SMILES string of the molecule is O=C(Nc1ccccc1C(F)(F)F)NC(CN1C(=O)COC1=O)c1ccccc1. The van der Waals surface area contributed by atoms with Crippen molar-refractivity contribution in [3.63, 3.8) is 0 Å². The predicted molar refractivity (Wildman–Crippen MR) is 95.8 cm³/mol. The Labute approximate surface area is 163 Å². The zero-order valence-corrected chi connectivity index (χ0v) is 14.9. The molecule has 1 atom stereocenters. The molecule has 2 aromatic carbocycles. The number of rotatable bonds is 5. The maximum absolute atomic E-state index is 13.1. The van der Waals surface area contributed by atoms with Gasteiger partial charge in [-0.1, -0.05) is 42.5 Å². The molecular weight excluding hydrogens is 391 g/mol. The molecule has 1 fully saturated rings. The van der Waals surface area contributed by atoms with Crippen molar-refractivity contribution in [1.29, 1.82) is 0 Å². The number of hydrogen-bond donors (Lipinski definition) is 2. The zero-order chi connectivity index (χ0) is 21.0. The fourth-order valence-corrected chi connectivity index (χ4v) is 2.82. The van der Waals surface area contributed by atoms with Crippen molar-refractivity contribution in [2.45, 2.75) is 12.2 Å². The normalized spacial score (nSPS) is 15.1. The van der Waals surface area contributed by atoms with Crippen molar-refractivity contribution in [2.24, 2.45) is 0 Å². The molecule has 0 aromatic heterocycles. The second-order valence-corrected chi connectivity index (χ2v) is 6.16. The minimum Gasteiger partial charge on any atom is -0.439 e. The number of anilines is 1. The van der Waals surface area contributed by atoms with Crippen molar-refractivity contribution in [2.75, 3.05) is 18.5 Å². The van der Waals surface area contributed by atoms with Gasteiger partial charge in [-0.15, -0.1) is 0 Å². The van der Waals surface area contributed by atoms with Gasteiger partial charge in [0.05, 0.1) is 23.8 Å². The molecule has 29 heavy (non-hydrogen) atoms. The van der Waals surface area contributed by atoms with Crippen LogP contribution >= 0.6 is 0 Å². The van der Waals surface area contributed by atoms with Crippen LogP contribution in [0, 0.1) is 0 Å². The van der Waals surface area contributed by atoms with Crippen LogP contribution in [0.15, 0.2) is 54.6 Å². The third-order valence-electron chi connectivity index (χ3n) is 4.19. The zero-order valence-electron chi connectivity index (χ0n) is 14.9. The molecule has 1 heterocycles. The van der Waals surface area contributed by atoms with Crippen LogP contribution in [0.1, 0.15) is 17.2 Å². The van der Waals surface area contributed by atoms with Gasteiger partial charge in [0.15, 0.2) is 6.61 Å². The van der Waals surface area contributed by atoms with Gasteiger partial charge in [-0.25, -0.2) is 14.5 Å². The van der Waals surface area contributed by atoms with Crippen LogP contribution < -0.4 is 10.6 Å². The average Bonchev–Trinajstić information content (AvgIpc) is 2.99. The standard InChI is InChI=1S/C19H16F3N3O4/c20-19(21,22)13-8-4-5-9-14(13)23-17(27)24-15(12-6-2-1-3-7-12)10-25-16(26)11-29-18(25)28/h1-9,15H,10-11H2,(H2,23,24,27). The molecule has 2 aromatic rings. The molecule has 2 N–H and O–H groups in total. The second kappa shape index (κ2) is 8.21. The van der Waals surface area contributed by atoms with E-state index in [1.165, 1.54) is 12.1 Å². The van der Waals surface area contributed by atoms with Crippen molar-refractivity contribution in [1.82, 2.24) is 10.2 Å². The number of carbonyl (C=O) groups is 3. The number of nitrogens with zero attached hydrogens (tertiary/aromatic N) is 1. The van der Waals surface area contributed by atoms with Crippen molar-refractivity contribution in [3.05, 3.63) is 65.7 Å². The minimum absolute atomic E-state index is 0.226. The van der Waals surface area contributed by atoms with Gasteiger partial charge in [-0.3, -0.25) is 4.79 Å². The first kappa shape index (κ1) is 20.2. The highest BCUT2D eigenvalue weighted by molar-refractivity contribution is 5.98. The van der Waals surface area contributed by atoms with Crippen molar-refractivity contribution >= 4 is 23.7 Å². The number of nitrogens with one attached hydrogen (secondary N) is 2. The highest BCUT2D eigenvalue weighted by atomic mass is 19.4. The first-order valence-corrected chi connectivity index (χ1v) is 8.51. The molecule has 0 spiro atoms. The number of cyclic esters (lactones) is 1. The lowest BCUT2D eigenvalue weighted by Gasteiger charge is -2.23. The number of alkyl halides is 3. The Bertz CT molecular complexity index is 902. The molecule has 7 nitrogen and oxygen atoms in total. The molecule has 1 unspecified atom stereocenters. The molecule has 1 aliphatic heterocycles. The largest absolute Gasteiger partial charge is 0.439 e. The smallest absolute Gasteiger partial charge is 0.418 e. The first-order valence-electron chi connectivity index (χ1n) is 8.51. The summed E-state index contributed by atoms with van der Waals surface area (Å²) >= 11 is 0. The molecule has 152 valence electrons. The number of para-hydroxylation sites is 1. The van der Waals surface area contributed by atoms with Crippen molar-refractivity contribution < 1.29 is 32.3 Å². The Morgan fingerprint density at radius 3 is 2.34 bits per heavy atom. The van der Waals surface area contributed by atoms with Crippen molar-refractivity contribution in [3.8, 4) is 0 Å². The number of imide groups is 1. The molecular formula is C19H16F3N3O4. The second-order valence-electron chi connectivity index (χ2n) is 6.16. The summed E-state index contributed by atoms with van der Waals surface area (Å²) in [6, 6.07) is 11.2. The van der Waals surface area contributed by atoms with Crippen LogP contribution in [0.4, 0.5) is 28.4 Å². The summed E-state index contributed by atoms with van der Waals surface area (Å²) in [5, 5.41) is 4.68. The van der Waals surface area contributed by atoms with Crippen LogP contribution in [-0.4, -0.2) is 36.1 Å². The van der Waals surface area contributed by atoms with Gasteiger partial charge in [0.25, 0.3) is 5.91 Å². The summed E-state index contributed by atoms with van der Waals surface area (Å²) in [4.78, 5) is 36.8. The van der Waals surface area contributed by atoms with E-state index in [2.05, 4.69) is 15.4 Å². The lowest BCUT2D eigenvalue weighted by Crippen LogP contribution is -2.42. The van der Waals surface area contributed by atoms with Crippen LogP contribution in [0.25, 0.3) is 0 Å². The third kappa shape index (κ3) is 4.84. The first-order chi connectivity index (χ1) is 13.8. The molecule has 4 amide bonds. The van der Waals surface area contributed by atoms with Gasteiger partial charge in [-0.2, -0.15) is 13.2 Å². The molecule has 3 rings (SSSR count). The molecule has 10 heteroatoms. The minimum atomic E-state index is -4.64. The van der Waals surface area contributed by atoms with Crippen LogP contribution in [0.3, 0.4) is 0 Å². The Morgan fingerprint density at radius 1 is 1.07 bits per heavy atom. The fourth-order valence-electron chi connectivity index (χ4n) is 2.82. The van der Waals surface area contributed by atoms with E-state index in [0.717, 1.165) is 17.0 Å². The monoisotopic (exact) mass is 407 g/mol. The average molecular weight is 407 g/mol. The maximum Gasteiger partial charge on any atom is 0.418 e. The third-order valence-corrected chi connectivity index (χ3v) is 4.19. The summed E-state index contributed by atoms with van der Waals surface area (Å²) < 4.78 is 44.0. The molecule has 0 aliphatic carbocycles. The van der Waals surface area contributed by atoms with E-state index in [4.69, 9.17) is 0 Å². The number of benzene rings is 2. The molecule has 0 saturated carbocycles. The van der Waals surface area contributed by atoms with Crippen LogP contribution in [-0.2, 0) is 15.7 Å². The van der Waals surface area contributed by atoms with E-state index in [1.807, 2.05) is 0 Å². The van der Waals surface area contributed by atoms with Gasteiger partial charge in [-0.05, 0) is 17.7 Å². The summed E-state index contributed by atoms with van der Waals surface area (Å²) in [6.45, 7) is -0.623. The lowest BCUT2D eigenvalue weighted by atomic mass is 10.1. The molecule has 0 bridgehead atoms. The van der Waals surface area contributed by atoms with E-state index in [-0.39, 0.29) is 6.54 Å². The topological polar surface area (TPSA) is 87.7 Å². The maximum atomic E-state index is 13.1. The van der Waals surface area contributed by atoms with Gasteiger partial charge in [0, 0.05) is 0 Å². The van der Waals surface area contributed by atoms with E-state index in [9.17, 15) is 27.6 Å². The number of carbonyl (C=O) groups excluding carboxylic acids is 3. The Morgan fingerprint density at radius 2 is 1.72 bits per heavy atom. The summed E-state index contributed by atoms with van der Waals surface area (Å²) in [7, 11) is 0. The lowest BCUT2D eigenvalue weighted by molar-refractivity contribution is -0.137. The van der Waals surface area contributed by atoms with E-state index >= 15 is 0 Å². The number of urea groups is 1. The number of halogens is 3. The molecule has 1 saturated heterocycles. The number of hydrogen-bond acceptors (Lipinski definition) is 4. The van der Waals surface area contributed by atoms with Gasteiger partial charge in [0.1, 0.15) is 0 Å². The molecule has 1 aliphatic rings. The quantitative estimate of drug-likeness (QED) is 0.794. The van der Waals surface area contributed by atoms with Crippen LogP contribution in [0.2, 0.25) is 0 Å². The van der Waals surface area contributed by atoms with Gasteiger partial charge in [0.2, 0.25) is 0 Å². The Hall–Kier alpha value is -3.56. The van der Waals surface area contributed by atoms with E-state index < -0.39 is 48.1 Å². The van der Waals surface area contributed by atoms with E-state index in [0.29, 0.717) is 5.56 Å². The van der Waals surface area contributed by atoms with E-state index in [1.54, 1.807) is 30.3 Å². The number of ether oxygens (including phenoxy) is 1. The predicted octanol–water partition coefficient (Wildman–Crippen LogP) is 3.55. The summed E-state index contributed by atoms with van der Waals surface area (Å²) in [6.07, 6.45) is -5.49. The Balaban J connectivity index is 1.79. The summed E-state index contributed by atoms with van der Waals surface area (Å²) in [5.41, 5.74) is -0.857. The highest BCUT2D eigenvalue weighted by Crippen LogP contribution is 2.34. The number of amides is 4. The highest BCUT2D eigenvalue weighted by Gasteiger charge is 2.35. The molecule has 0 radical (unpaired) electrons. The Kier molecular flexibility index (Phi) is 5.71. The summed E-state index contributed by atoms with van der Waals surface area (Å²) in [5.74, 6) is -0.569. The van der Waals surface area contributed by atoms with Crippen LogP contribution in [0.5, 0.6) is 0 Å². The van der Waals surface area contributed by atoms with Gasteiger partial charge < -0.3 is 15.4 Å².